The first-order valence-corrected chi connectivity index (χ1v) is 9.62. The van der Waals surface area contributed by atoms with E-state index in [0.29, 0.717) is 12.1 Å². The van der Waals surface area contributed by atoms with Gasteiger partial charge in [0, 0.05) is 17.5 Å². The average Bonchev–Trinajstić information content (AvgIpc) is 3.29. The summed E-state index contributed by atoms with van der Waals surface area (Å²) in [6, 6.07) is 9.26. The van der Waals surface area contributed by atoms with Crippen LogP contribution in [0.15, 0.2) is 53.1 Å². The van der Waals surface area contributed by atoms with E-state index in [1.54, 1.807) is 11.0 Å². The molecule has 2 atom stereocenters. The van der Waals surface area contributed by atoms with Gasteiger partial charge in [-0.05, 0) is 18.4 Å². The highest BCUT2D eigenvalue weighted by atomic mass is 32.2. The van der Waals surface area contributed by atoms with Crippen LogP contribution in [0.3, 0.4) is 0 Å². The molecule has 3 heterocycles. The monoisotopic (exact) mass is 386 g/mol. The van der Waals surface area contributed by atoms with Gasteiger partial charge in [0.05, 0.1) is 6.04 Å². The molecule has 27 heavy (non-hydrogen) atoms. The van der Waals surface area contributed by atoms with Crippen molar-refractivity contribution >= 4 is 29.7 Å². The smallest absolute Gasteiger partial charge is 0.410 e. The third-order valence-electron chi connectivity index (χ3n) is 4.86. The van der Waals surface area contributed by atoms with Crippen LogP contribution in [0.4, 0.5) is 4.79 Å². The summed E-state index contributed by atoms with van der Waals surface area (Å²) in [5, 5.41) is 10.3. The molecular weight excluding hydrogens is 368 g/mol. The molecule has 140 valence electrons. The molecule has 0 radical (unpaired) electrons. The molecule has 1 N–H and O–H groups in total. The minimum atomic E-state index is -1.11. The third kappa shape index (κ3) is 3.21. The van der Waals surface area contributed by atoms with Gasteiger partial charge in [-0.2, -0.15) is 0 Å². The maximum atomic E-state index is 12.5. The first-order valence-electron chi connectivity index (χ1n) is 8.68. The number of fused-ring (bicyclic) bond motifs is 1. The topological polar surface area (TPSA) is 87.1 Å². The van der Waals surface area contributed by atoms with E-state index in [9.17, 15) is 14.4 Å². The van der Waals surface area contributed by atoms with Crippen molar-refractivity contribution < 1.29 is 24.2 Å². The molecule has 0 aromatic heterocycles. The SMILES string of the molecule is O=C(O)C1=CS[C@@H]2C(=CC3CCCN3C(=O)OCc3ccccc3)C(=O)N12. The van der Waals surface area contributed by atoms with Crippen molar-refractivity contribution in [2.45, 2.75) is 30.9 Å². The van der Waals surface area contributed by atoms with E-state index in [1.807, 2.05) is 30.3 Å². The molecule has 3 aliphatic heterocycles. The normalized spacial score (nSPS) is 25.3. The van der Waals surface area contributed by atoms with Gasteiger partial charge in [-0.1, -0.05) is 36.4 Å². The summed E-state index contributed by atoms with van der Waals surface area (Å²) in [6.07, 6.45) is 2.99. The molecule has 2 saturated heterocycles. The lowest BCUT2D eigenvalue weighted by Gasteiger charge is -2.38. The number of carbonyl (C=O) groups excluding carboxylic acids is 2. The van der Waals surface area contributed by atoms with Gasteiger partial charge >= 0.3 is 12.1 Å². The number of aliphatic carboxylic acids is 1. The maximum Gasteiger partial charge on any atom is 0.410 e. The number of thioether (sulfide) groups is 1. The number of amides is 2. The number of carboxylic acids is 1. The van der Waals surface area contributed by atoms with E-state index in [-0.39, 0.29) is 29.6 Å². The molecule has 0 spiro atoms. The van der Waals surface area contributed by atoms with Crippen LogP contribution in [0.5, 0.6) is 0 Å². The van der Waals surface area contributed by atoms with Crippen LogP contribution in [0.25, 0.3) is 0 Å². The van der Waals surface area contributed by atoms with Crippen molar-refractivity contribution in [3.8, 4) is 0 Å². The second kappa shape index (κ2) is 7.11. The Morgan fingerprint density at radius 2 is 2.07 bits per heavy atom. The van der Waals surface area contributed by atoms with Gasteiger partial charge in [-0.15, -0.1) is 11.8 Å². The Balaban J connectivity index is 1.41. The fourth-order valence-corrected chi connectivity index (χ4v) is 4.62. The predicted octanol–water partition coefficient (Wildman–Crippen LogP) is 2.56. The standard InChI is InChI=1S/C19H18N2O5S/c22-16-14(17-21(16)15(11-27-17)18(23)24)9-13-7-4-8-20(13)19(25)26-10-12-5-2-1-3-6-12/h1-3,5-6,9,11,13,17H,4,7-8,10H2,(H,23,24)/t13?,17-/m1/s1. The van der Waals surface area contributed by atoms with Crippen molar-refractivity contribution in [2.24, 2.45) is 0 Å². The highest BCUT2D eigenvalue weighted by molar-refractivity contribution is 8.03. The summed E-state index contributed by atoms with van der Waals surface area (Å²) >= 11 is 1.30. The number of carboxylic acid groups (broad SMARTS) is 1. The molecule has 2 fully saturated rings. The fourth-order valence-electron chi connectivity index (χ4n) is 3.49. The van der Waals surface area contributed by atoms with E-state index in [2.05, 4.69) is 0 Å². The van der Waals surface area contributed by atoms with Gasteiger partial charge in [-0.3, -0.25) is 9.69 Å². The zero-order valence-electron chi connectivity index (χ0n) is 14.4. The van der Waals surface area contributed by atoms with E-state index in [1.165, 1.54) is 22.1 Å². The number of hydrogen-bond acceptors (Lipinski definition) is 5. The van der Waals surface area contributed by atoms with E-state index >= 15 is 0 Å². The van der Waals surface area contributed by atoms with E-state index in [0.717, 1.165) is 18.4 Å². The van der Waals surface area contributed by atoms with Crippen molar-refractivity contribution in [1.29, 1.82) is 0 Å². The average molecular weight is 386 g/mol. The maximum absolute atomic E-state index is 12.5. The number of rotatable bonds is 4. The summed E-state index contributed by atoms with van der Waals surface area (Å²) in [4.78, 5) is 38.9. The van der Waals surface area contributed by atoms with Crippen molar-refractivity contribution in [1.82, 2.24) is 9.80 Å². The Labute approximate surface area is 160 Å². The number of hydrogen-bond donors (Lipinski definition) is 1. The van der Waals surface area contributed by atoms with Crippen LogP contribution in [0, 0.1) is 0 Å². The Hall–Kier alpha value is -2.74. The fraction of sp³-hybridized carbons (Fsp3) is 0.316. The quantitative estimate of drug-likeness (QED) is 0.632. The van der Waals surface area contributed by atoms with E-state index in [4.69, 9.17) is 9.84 Å². The van der Waals surface area contributed by atoms with Crippen LogP contribution in [0.1, 0.15) is 18.4 Å². The number of benzene rings is 1. The second-order valence-corrected chi connectivity index (χ2v) is 7.49. The second-order valence-electron chi connectivity index (χ2n) is 6.54. The minimum absolute atomic E-state index is 0.0118. The molecular formula is C19H18N2O5S. The van der Waals surface area contributed by atoms with Gasteiger partial charge in [0.2, 0.25) is 0 Å². The van der Waals surface area contributed by atoms with Gasteiger partial charge in [-0.25, -0.2) is 9.59 Å². The molecule has 1 aromatic rings. The highest BCUT2D eigenvalue weighted by Crippen LogP contribution is 2.45. The molecule has 1 unspecified atom stereocenters. The molecule has 7 nitrogen and oxygen atoms in total. The zero-order chi connectivity index (χ0) is 19.0. The van der Waals surface area contributed by atoms with Crippen LogP contribution >= 0.6 is 11.8 Å². The summed E-state index contributed by atoms with van der Waals surface area (Å²) in [5.74, 6) is -1.41. The van der Waals surface area contributed by atoms with Crippen molar-refractivity contribution in [3.63, 3.8) is 0 Å². The van der Waals surface area contributed by atoms with Gasteiger partial charge in [0.15, 0.2) is 0 Å². The molecule has 4 rings (SSSR count). The predicted molar refractivity (Wildman–Crippen MR) is 98.4 cm³/mol. The van der Waals surface area contributed by atoms with E-state index < -0.39 is 12.1 Å². The van der Waals surface area contributed by atoms with Crippen LogP contribution < -0.4 is 0 Å². The Morgan fingerprint density at radius 1 is 1.30 bits per heavy atom. The third-order valence-corrected chi connectivity index (χ3v) is 5.95. The van der Waals surface area contributed by atoms with Crippen molar-refractivity contribution in [2.75, 3.05) is 6.54 Å². The van der Waals surface area contributed by atoms with Crippen LogP contribution in [-0.2, 0) is 20.9 Å². The molecule has 0 saturated carbocycles. The minimum Gasteiger partial charge on any atom is -0.477 e. The summed E-state index contributed by atoms with van der Waals surface area (Å²) < 4.78 is 5.41. The Bertz CT molecular complexity index is 851. The summed E-state index contributed by atoms with van der Waals surface area (Å²) in [7, 11) is 0. The molecule has 0 bridgehead atoms. The number of carbonyl (C=O) groups is 3. The number of β-lactam (4-membered cyclic amide) rings is 1. The zero-order valence-corrected chi connectivity index (χ0v) is 15.2. The largest absolute Gasteiger partial charge is 0.477 e. The molecule has 2 amide bonds. The highest BCUT2D eigenvalue weighted by Gasteiger charge is 2.50. The molecule has 0 aliphatic carbocycles. The molecule has 1 aromatic carbocycles. The van der Waals surface area contributed by atoms with Crippen LogP contribution in [0.2, 0.25) is 0 Å². The Kier molecular flexibility index (Phi) is 4.65. The Morgan fingerprint density at radius 3 is 2.81 bits per heavy atom. The molecule has 8 heteroatoms. The lowest BCUT2D eigenvalue weighted by atomic mass is 10.0. The summed E-state index contributed by atoms with van der Waals surface area (Å²) in [6.45, 7) is 0.785. The number of ether oxygens (including phenoxy) is 1. The number of nitrogens with zero attached hydrogens (tertiary/aromatic N) is 2. The number of likely N-dealkylation sites (tertiary alicyclic amines) is 1. The molecule has 3 aliphatic rings. The first-order chi connectivity index (χ1) is 13.1. The van der Waals surface area contributed by atoms with Crippen molar-refractivity contribution in [3.05, 3.63) is 58.6 Å². The van der Waals surface area contributed by atoms with Gasteiger partial charge in [0.1, 0.15) is 17.7 Å². The van der Waals surface area contributed by atoms with Crippen LogP contribution in [-0.4, -0.2) is 50.8 Å². The summed E-state index contributed by atoms with van der Waals surface area (Å²) in [5.41, 5.74) is 1.48. The van der Waals surface area contributed by atoms with Gasteiger partial charge in [0.25, 0.3) is 5.91 Å². The van der Waals surface area contributed by atoms with Gasteiger partial charge < -0.3 is 14.7 Å². The lowest BCUT2D eigenvalue weighted by Crippen LogP contribution is -2.52. The first kappa shape index (κ1) is 17.7. The lowest BCUT2D eigenvalue weighted by molar-refractivity contribution is -0.141.